The number of methoxy groups -OCH3 is 1. The Bertz CT molecular complexity index is 1420. The molecule has 1 amide bonds. The number of fused-ring (bicyclic) bond motifs is 1. The summed E-state index contributed by atoms with van der Waals surface area (Å²) in [7, 11) is 1.43. The normalized spacial score (nSPS) is 15.8. The molecule has 2 aromatic carbocycles. The van der Waals surface area contributed by atoms with Crippen molar-refractivity contribution in [1.29, 1.82) is 0 Å². The predicted octanol–water partition coefficient (Wildman–Crippen LogP) is 3.00. The van der Waals surface area contributed by atoms with Gasteiger partial charge in [-0.25, -0.2) is 14.4 Å². The van der Waals surface area contributed by atoms with Crippen LogP contribution >= 0.6 is 0 Å². The first kappa shape index (κ1) is 23.7. The molecule has 1 saturated heterocycles. The first-order chi connectivity index (χ1) is 17.5. The molecule has 3 N–H and O–H groups in total. The molecule has 1 unspecified atom stereocenters. The van der Waals surface area contributed by atoms with Gasteiger partial charge in [0.2, 0.25) is 0 Å². The fourth-order valence-corrected chi connectivity index (χ4v) is 4.47. The topological polar surface area (TPSA) is 104 Å². The zero-order chi connectivity index (χ0) is 25.2. The van der Waals surface area contributed by atoms with Gasteiger partial charge in [0.15, 0.2) is 23.0 Å². The second-order valence-corrected chi connectivity index (χ2v) is 8.70. The molecule has 1 fully saturated rings. The van der Waals surface area contributed by atoms with E-state index in [1.54, 1.807) is 41.7 Å². The number of aliphatic hydroxyl groups is 1. The number of hydrogen-bond acceptors (Lipinski definition) is 7. The van der Waals surface area contributed by atoms with Crippen LogP contribution in [-0.2, 0) is 0 Å². The summed E-state index contributed by atoms with van der Waals surface area (Å²) in [6, 6.07) is 10.2. The molecule has 1 aliphatic heterocycles. The number of aliphatic hydroxyl groups excluding tert-OH is 1. The molecule has 0 saturated carbocycles. The minimum absolute atomic E-state index is 0.00689. The minimum atomic E-state index is -0.449. The third-order valence-corrected chi connectivity index (χ3v) is 6.36. The summed E-state index contributed by atoms with van der Waals surface area (Å²) in [5.41, 5.74) is 4.17. The SMILES string of the molecule is COc1ccc(-c2cnc3c(Nc4ccc(C(=O)N5CCNC(CO)C5)c(C)c4)nccn23)cc1F. The number of amides is 1. The number of aromatic nitrogens is 3. The summed E-state index contributed by atoms with van der Waals surface area (Å²) in [4.78, 5) is 23.8. The molecular formula is C26H27FN6O3. The van der Waals surface area contributed by atoms with Crippen molar-refractivity contribution in [2.24, 2.45) is 0 Å². The van der Waals surface area contributed by atoms with Gasteiger partial charge < -0.3 is 25.4 Å². The maximum atomic E-state index is 14.3. The van der Waals surface area contributed by atoms with Crippen LogP contribution in [0.4, 0.5) is 15.9 Å². The Morgan fingerprint density at radius 1 is 1.28 bits per heavy atom. The van der Waals surface area contributed by atoms with E-state index in [-0.39, 0.29) is 24.3 Å². The Morgan fingerprint density at radius 2 is 2.14 bits per heavy atom. The molecule has 36 heavy (non-hydrogen) atoms. The van der Waals surface area contributed by atoms with Crippen LogP contribution in [0.25, 0.3) is 16.9 Å². The number of carbonyl (C=O) groups excluding carboxylic acids is 1. The van der Waals surface area contributed by atoms with Gasteiger partial charge in [-0.05, 0) is 48.9 Å². The Kier molecular flexibility index (Phi) is 6.53. The van der Waals surface area contributed by atoms with Gasteiger partial charge in [-0.2, -0.15) is 0 Å². The minimum Gasteiger partial charge on any atom is -0.494 e. The molecular weight excluding hydrogens is 463 g/mol. The van der Waals surface area contributed by atoms with Crippen LogP contribution in [0.2, 0.25) is 0 Å². The highest BCUT2D eigenvalue weighted by Gasteiger charge is 2.24. The second-order valence-electron chi connectivity index (χ2n) is 8.70. The molecule has 10 heteroatoms. The zero-order valence-corrected chi connectivity index (χ0v) is 20.0. The number of hydrogen-bond donors (Lipinski definition) is 3. The number of benzene rings is 2. The average Bonchev–Trinajstić information content (AvgIpc) is 3.34. The van der Waals surface area contributed by atoms with Crippen LogP contribution in [0, 0.1) is 12.7 Å². The summed E-state index contributed by atoms with van der Waals surface area (Å²) in [6.07, 6.45) is 5.09. The lowest BCUT2D eigenvalue weighted by atomic mass is 10.1. The maximum absolute atomic E-state index is 14.3. The number of nitrogens with one attached hydrogen (secondary N) is 2. The smallest absolute Gasteiger partial charge is 0.254 e. The molecule has 4 aromatic rings. The summed E-state index contributed by atoms with van der Waals surface area (Å²) in [5, 5.41) is 15.9. The molecule has 1 atom stereocenters. The van der Waals surface area contributed by atoms with Crippen LogP contribution in [0.15, 0.2) is 55.0 Å². The van der Waals surface area contributed by atoms with Crippen molar-refractivity contribution in [3.8, 4) is 17.0 Å². The molecule has 0 bridgehead atoms. The zero-order valence-electron chi connectivity index (χ0n) is 20.0. The second kappa shape index (κ2) is 9.92. The van der Waals surface area contributed by atoms with E-state index in [0.29, 0.717) is 47.9 Å². The van der Waals surface area contributed by atoms with E-state index in [4.69, 9.17) is 4.74 Å². The van der Waals surface area contributed by atoms with Crippen molar-refractivity contribution >= 4 is 23.1 Å². The van der Waals surface area contributed by atoms with Gasteiger partial charge in [0.1, 0.15) is 0 Å². The van der Waals surface area contributed by atoms with E-state index in [1.807, 2.05) is 23.5 Å². The van der Waals surface area contributed by atoms with E-state index < -0.39 is 5.82 Å². The molecule has 186 valence electrons. The van der Waals surface area contributed by atoms with Gasteiger partial charge in [-0.3, -0.25) is 9.20 Å². The van der Waals surface area contributed by atoms with Crippen LogP contribution < -0.4 is 15.4 Å². The molecule has 5 rings (SSSR count). The largest absolute Gasteiger partial charge is 0.494 e. The highest BCUT2D eigenvalue weighted by Crippen LogP contribution is 2.29. The highest BCUT2D eigenvalue weighted by molar-refractivity contribution is 5.96. The third kappa shape index (κ3) is 4.48. The van der Waals surface area contributed by atoms with E-state index in [0.717, 1.165) is 11.3 Å². The number of ether oxygens (including phenoxy) is 1. The fourth-order valence-electron chi connectivity index (χ4n) is 4.47. The monoisotopic (exact) mass is 490 g/mol. The Balaban J connectivity index is 1.39. The predicted molar refractivity (Wildman–Crippen MR) is 134 cm³/mol. The third-order valence-electron chi connectivity index (χ3n) is 6.36. The quantitative estimate of drug-likeness (QED) is 0.382. The molecule has 9 nitrogen and oxygen atoms in total. The van der Waals surface area contributed by atoms with Crippen molar-refractivity contribution in [3.05, 3.63) is 71.9 Å². The van der Waals surface area contributed by atoms with Gasteiger partial charge in [0, 0.05) is 54.9 Å². The maximum Gasteiger partial charge on any atom is 0.254 e. The lowest BCUT2D eigenvalue weighted by Crippen LogP contribution is -2.54. The number of rotatable bonds is 6. The highest BCUT2D eigenvalue weighted by atomic mass is 19.1. The van der Waals surface area contributed by atoms with Crippen LogP contribution in [0.1, 0.15) is 15.9 Å². The standard InChI is InChI=1S/C26H27FN6O3/c1-16-11-18(4-5-20(16)26(35)32-9-7-28-19(14-32)15-34)31-24-25-30-13-22(33(25)10-8-29-24)17-3-6-23(36-2)21(27)12-17/h3-6,8,10-13,19,28,34H,7,9,14-15H2,1-2H3,(H,29,31). The molecule has 2 aromatic heterocycles. The average molecular weight is 491 g/mol. The van der Waals surface area contributed by atoms with Gasteiger partial charge in [-0.15, -0.1) is 0 Å². The van der Waals surface area contributed by atoms with Crippen molar-refractivity contribution in [2.75, 3.05) is 38.7 Å². The van der Waals surface area contributed by atoms with Gasteiger partial charge in [0.25, 0.3) is 5.91 Å². The number of aryl methyl sites for hydroxylation is 1. The van der Waals surface area contributed by atoms with E-state index >= 15 is 0 Å². The molecule has 3 heterocycles. The number of anilines is 2. The van der Waals surface area contributed by atoms with Crippen LogP contribution in [-0.4, -0.2) is 69.7 Å². The summed E-state index contributed by atoms with van der Waals surface area (Å²) in [5.74, 6) is 0.210. The molecule has 0 aliphatic carbocycles. The van der Waals surface area contributed by atoms with Gasteiger partial charge in [-0.1, -0.05) is 0 Å². The number of halogens is 1. The van der Waals surface area contributed by atoms with Crippen molar-refractivity contribution in [2.45, 2.75) is 13.0 Å². The van der Waals surface area contributed by atoms with Crippen molar-refractivity contribution < 1.29 is 19.0 Å². The van der Waals surface area contributed by atoms with Crippen molar-refractivity contribution in [1.82, 2.24) is 24.6 Å². The van der Waals surface area contributed by atoms with E-state index in [2.05, 4.69) is 20.6 Å². The summed E-state index contributed by atoms with van der Waals surface area (Å²) in [6.45, 7) is 3.61. The first-order valence-corrected chi connectivity index (χ1v) is 11.7. The Morgan fingerprint density at radius 3 is 2.89 bits per heavy atom. The fraction of sp³-hybridized carbons (Fsp3) is 0.269. The Labute approximate surface area is 207 Å². The summed E-state index contributed by atoms with van der Waals surface area (Å²) >= 11 is 0. The summed E-state index contributed by atoms with van der Waals surface area (Å²) < 4.78 is 21.1. The number of imidazole rings is 1. The number of nitrogens with zero attached hydrogens (tertiary/aromatic N) is 4. The van der Waals surface area contributed by atoms with E-state index in [1.165, 1.54) is 13.2 Å². The number of piperazine rings is 1. The van der Waals surface area contributed by atoms with Crippen molar-refractivity contribution in [3.63, 3.8) is 0 Å². The van der Waals surface area contributed by atoms with Crippen LogP contribution in [0.3, 0.4) is 0 Å². The molecule has 0 spiro atoms. The van der Waals surface area contributed by atoms with Crippen LogP contribution in [0.5, 0.6) is 5.75 Å². The Hall–Kier alpha value is -4.02. The lowest BCUT2D eigenvalue weighted by Gasteiger charge is -2.33. The molecule has 0 radical (unpaired) electrons. The van der Waals surface area contributed by atoms with Gasteiger partial charge in [0.05, 0.1) is 25.6 Å². The van der Waals surface area contributed by atoms with E-state index in [9.17, 15) is 14.3 Å². The number of carbonyl (C=O) groups is 1. The lowest BCUT2D eigenvalue weighted by molar-refractivity contribution is 0.0671. The van der Waals surface area contributed by atoms with Gasteiger partial charge >= 0.3 is 0 Å². The first-order valence-electron chi connectivity index (χ1n) is 11.7. The molecule has 1 aliphatic rings.